The number of nitrogens with zero attached hydrogens (tertiary/aromatic N) is 2. The topological polar surface area (TPSA) is 67.0 Å². The molecule has 0 saturated carbocycles. The maximum Gasteiger partial charge on any atom is 0.261 e. The van der Waals surface area contributed by atoms with E-state index in [0.717, 1.165) is 29.8 Å². The van der Waals surface area contributed by atoms with E-state index in [9.17, 15) is 10.1 Å². The third-order valence-corrected chi connectivity index (χ3v) is 4.81. The Hall–Kier alpha value is -2.84. The van der Waals surface area contributed by atoms with Gasteiger partial charge in [-0.15, -0.1) is 0 Å². The van der Waals surface area contributed by atoms with E-state index in [-0.39, 0.29) is 17.5 Å². The van der Waals surface area contributed by atoms with Gasteiger partial charge in [0.2, 0.25) is 0 Å². The summed E-state index contributed by atoms with van der Waals surface area (Å²) >= 11 is 0. The van der Waals surface area contributed by atoms with Crippen molar-refractivity contribution in [2.45, 2.75) is 39.7 Å². The van der Waals surface area contributed by atoms with Gasteiger partial charge in [-0.05, 0) is 56.9 Å². The number of aromatic nitrogens is 1. The summed E-state index contributed by atoms with van der Waals surface area (Å²) in [5.41, 5.74) is 4.35. The van der Waals surface area contributed by atoms with Gasteiger partial charge >= 0.3 is 0 Å². The monoisotopic (exact) mass is 379 g/mol. The molecule has 0 spiro atoms. The molecule has 2 aromatic rings. The molecule has 1 aromatic carbocycles. The minimum Gasteiger partial charge on any atom is -0.383 e. The number of ether oxygens (including phenoxy) is 1. The van der Waals surface area contributed by atoms with Crippen LogP contribution in [0, 0.1) is 25.2 Å². The highest BCUT2D eigenvalue weighted by atomic mass is 16.5. The molecule has 0 fully saturated rings. The zero-order chi connectivity index (χ0) is 20.5. The molecule has 0 saturated heterocycles. The molecule has 1 heterocycles. The molecule has 1 N–H and O–H groups in total. The largest absolute Gasteiger partial charge is 0.383 e. The fourth-order valence-electron chi connectivity index (χ4n) is 3.48. The molecule has 0 bridgehead atoms. The lowest BCUT2D eigenvalue weighted by atomic mass is 10.1. The van der Waals surface area contributed by atoms with Crippen LogP contribution in [0.4, 0.5) is 0 Å². The lowest BCUT2D eigenvalue weighted by molar-refractivity contribution is -0.117. The van der Waals surface area contributed by atoms with E-state index in [1.54, 1.807) is 13.2 Å². The van der Waals surface area contributed by atoms with Crippen molar-refractivity contribution in [2.24, 2.45) is 0 Å². The average molecular weight is 380 g/mol. The molecular formula is C23H29N3O2. The summed E-state index contributed by atoms with van der Waals surface area (Å²) < 4.78 is 7.42. The lowest BCUT2D eigenvalue weighted by Crippen LogP contribution is -2.25. The first-order chi connectivity index (χ1) is 13.5. The molecule has 0 aliphatic rings. The summed E-state index contributed by atoms with van der Waals surface area (Å²) in [6.45, 7) is 7.24. The smallest absolute Gasteiger partial charge is 0.261 e. The van der Waals surface area contributed by atoms with E-state index in [1.165, 1.54) is 5.56 Å². The number of nitriles is 1. The van der Waals surface area contributed by atoms with Crippen molar-refractivity contribution in [3.05, 3.63) is 64.5 Å². The zero-order valence-corrected chi connectivity index (χ0v) is 17.2. The first-order valence-electron chi connectivity index (χ1n) is 9.59. The number of methoxy groups -OCH3 is 1. The van der Waals surface area contributed by atoms with Gasteiger partial charge in [0.1, 0.15) is 11.6 Å². The molecule has 0 radical (unpaired) electrons. The van der Waals surface area contributed by atoms with Crippen molar-refractivity contribution in [3.63, 3.8) is 0 Å². The quantitative estimate of drug-likeness (QED) is 0.407. The molecule has 2 rings (SSSR count). The number of carbonyl (C=O) groups is 1. The Labute approximate surface area is 167 Å². The third kappa shape index (κ3) is 5.58. The minimum absolute atomic E-state index is 0.124. The number of benzene rings is 1. The Morgan fingerprint density at radius 1 is 1.32 bits per heavy atom. The standard InChI is InChI=1S/C23H29N3O2/c1-17-13-21(19(3)26(17)18(2)16-28-4)14-22(15-24)23(27)25-12-8-11-20-9-6-5-7-10-20/h5-7,9-10,13-14,18H,8,11-12,16H2,1-4H3,(H,25,27)/b22-14+. The second-order valence-electron chi connectivity index (χ2n) is 7.02. The number of carbonyl (C=O) groups excluding carboxylic acids is 1. The highest BCUT2D eigenvalue weighted by molar-refractivity contribution is 6.01. The zero-order valence-electron chi connectivity index (χ0n) is 17.2. The van der Waals surface area contributed by atoms with Crippen LogP contribution in [0.15, 0.2) is 42.0 Å². The summed E-state index contributed by atoms with van der Waals surface area (Å²) in [6.07, 6.45) is 3.40. The predicted molar refractivity (Wildman–Crippen MR) is 112 cm³/mol. The van der Waals surface area contributed by atoms with Crippen molar-refractivity contribution in [1.29, 1.82) is 5.26 Å². The van der Waals surface area contributed by atoms with Crippen LogP contribution in [0.5, 0.6) is 0 Å². The molecule has 1 unspecified atom stereocenters. The Balaban J connectivity index is 2.02. The fourth-order valence-corrected chi connectivity index (χ4v) is 3.48. The van der Waals surface area contributed by atoms with E-state index < -0.39 is 0 Å². The maximum absolute atomic E-state index is 12.4. The summed E-state index contributed by atoms with van der Waals surface area (Å²) in [5.74, 6) is -0.328. The molecule has 148 valence electrons. The van der Waals surface area contributed by atoms with E-state index >= 15 is 0 Å². The Morgan fingerprint density at radius 2 is 2.04 bits per heavy atom. The SMILES string of the molecule is COCC(C)n1c(C)cc(/C=C(\C#N)C(=O)NCCCc2ccccc2)c1C. The Bertz CT molecular complexity index is 860. The second kappa shape index (κ2) is 10.5. The highest BCUT2D eigenvalue weighted by Gasteiger charge is 2.15. The van der Waals surface area contributed by atoms with Crippen LogP contribution in [-0.4, -0.2) is 30.7 Å². The van der Waals surface area contributed by atoms with Crippen molar-refractivity contribution in [1.82, 2.24) is 9.88 Å². The first kappa shape index (κ1) is 21.5. The van der Waals surface area contributed by atoms with Gasteiger partial charge in [-0.3, -0.25) is 4.79 Å². The van der Waals surface area contributed by atoms with Crippen LogP contribution >= 0.6 is 0 Å². The third-order valence-electron chi connectivity index (χ3n) is 4.81. The van der Waals surface area contributed by atoms with Gasteiger partial charge < -0.3 is 14.6 Å². The molecule has 5 heteroatoms. The van der Waals surface area contributed by atoms with Gasteiger partial charge in [0.15, 0.2) is 0 Å². The molecule has 0 aliphatic heterocycles. The van der Waals surface area contributed by atoms with Gasteiger partial charge in [0, 0.05) is 25.0 Å². The number of aryl methyl sites for hydroxylation is 2. The van der Waals surface area contributed by atoms with Crippen molar-refractivity contribution in [3.8, 4) is 6.07 Å². The number of rotatable bonds is 9. The minimum atomic E-state index is -0.328. The summed E-state index contributed by atoms with van der Waals surface area (Å²) in [5, 5.41) is 12.3. The van der Waals surface area contributed by atoms with E-state index in [0.29, 0.717) is 13.2 Å². The average Bonchev–Trinajstić information content (AvgIpc) is 2.97. The molecule has 5 nitrogen and oxygen atoms in total. The fraction of sp³-hybridized carbons (Fsp3) is 0.391. The Kier molecular flexibility index (Phi) is 8.03. The molecular weight excluding hydrogens is 350 g/mol. The van der Waals surface area contributed by atoms with Crippen LogP contribution in [0.25, 0.3) is 6.08 Å². The normalized spacial score (nSPS) is 12.5. The number of amides is 1. The van der Waals surface area contributed by atoms with Crippen LogP contribution in [0.3, 0.4) is 0 Å². The second-order valence-corrected chi connectivity index (χ2v) is 7.02. The van der Waals surface area contributed by atoms with E-state index in [4.69, 9.17) is 4.74 Å². The van der Waals surface area contributed by atoms with E-state index in [2.05, 4.69) is 28.9 Å². The van der Waals surface area contributed by atoms with E-state index in [1.807, 2.05) is 44.2 Å². The number of hydrogen-bond acceptors (Lipinski definition) is 3. The van der Waals surface area contributed by atoms with Crippen molar-refractivity contribution < 1.29 is 9.53 Å². The molecule has 1 aromatic heterocycles. The van der Waals surface area contributed by atoms with Gasteiger partial charge in [-0.2, -0.15) is 5.26 Å². The van der Waals surface area contributed by atoms with Gasteiger partial charge in [-0.25, -0.2) is 0 Å². The van der Waals surface area contributed by atoms with Gasteiger partial charge in [0.25, 0.3) is 5.91 Å². The summed E-state index contributed by atoms with van der Waals surface area (Å²) in [7, 11) is 1.68. The van der Waals surface area contributed by atoms with Crippen LogP contribution in [0.2, 0.25) is 0 Å². The predicted octanol–water partition coefficient (Wildman–Crippen LogP) is 3.97. The number of hydrogen-bond donors (Lipinski definition) is 1. The summed E-state index contributed by atoms with van der Waals surface area (Å²) in [4.78, 5) is 12.4. The van der Waals surface area contributed by atoms with Gasteiger partial charge in [0.05, 0.1) is 12.6 Å². The van der Waals surface area contributed by atoms with Gasteiger partial charge in [-0.1, -0.05) is 30.3 Å². The first-order valence-corrected chi connectivity index (χ1v) is 9.59. The van der Waals surface area contributed by atoms with Crippen LogP contribution in [-0.2, 0) is 16.0 Å². The van der Waals surface area contributed by atoms with Crippen LogP contribution < -0.4 is 5.32 Å². The highest BCUT2D eigenvalue weighted by Crippen LogP contribution is 2.22. The molecule has 1 atom stereocenters. The number of nitrogens with one attached hydrogen (secondary N) is 1. The maximum atomic E-state index is 12.4. The molecule has 0 aliphatic carbocycles. The Morgan fingerprint density at radius 3 is 2.68 bits per heavy atom. The van der Waals surface area contributed by atoms with Crippen molar-refractivity contribution >= 4 is 12.0 Å². The van der Waals surface area contributed by atoms with Crippen LogP contribution in [0.1, 0.15) is 41.9 Å². The summed E-state index contributed by atoms with van der Waals surface area (Å²) in [6, 6.07) is 14.4. The molecule has 28 heavy (non-hydrogen) atoms. The molecule has 1 amide bonds. The van der Waals surface area contributed by atoms with Crippen molar-refractivity contribution in [2.75, 3.05) is 20.3 Å². The lowest BCUT2D eigenvalue weighted by Gasteiger charge is -2.17.